The van der Waals surface area contributed by atoms with Gasteiger partial charge in [0.1, 0.15) is 53.9 Å². The molecule has 0 radical (unpaired) electrons. The van der Waals surface area contributed by atoms with Crippen LogP contribution in [-0.4, -0.2) is 122 Å². The largest absolute Gasteiger partial charge is 0.497 e. The van der Waals surface area contributed by atoms with Gasteiger partial charge in [-0.05, 0) is 72.1 Å². The molecule has 5 aromatic carbocycles. The van der Waals surface area contributed by atoms with Gasteiger partial charge in [0.05, 0.1) is 39.3 Å². The van der Waals surface area contributed by atoms with Crippen LogP contribution >= 0.6 is 14.9 Å². The zero-order valence-electron chi connectivity index (χ0n) is 51.2. The fourth-order valence-electron chi connectivity index (χ4n) is 11.6. The Morgan fingerprint density at radius 2 is 1.29 bits per heavy atom. The molecule has 2 aliphatic rings. The van der Waals surface area contributed by atoms with Crippen LogP contribution in [0.15, 0.2) is 163 Å². The molecule has 7 atom stereocenters. The number of aromatic nitrogens is 6. The molecule has 0 spiro atoms. The van der Waals surface area contributed by atoms with Gasteiger partial charge < -0.3 is 52.7 Å². The number of nitriles is 1. The zero-order valence-corrected chi connectivity index (χ0v) is 52.9. The number of amides is 2. The molecule has 3 aromatic heterocycles. The van der Waals surface area contributed by atoms with E-state index in [4.69, 9.17) is 37.5 Å². The maximum Gasteiger partial charge on any atom is 0.356 e. The lowest BCUT2D eigenvalue weighted by Crippen LogP contribution is -2.43. The molecule has 2 aliphatic heterocycles. The Morgan fingerprint density at radius 3 is 1.84 bits per heavy atom. The molecule has 25 heteroatoms. The minimum Gasteiger partial charge on any atom is -0.497 e. The van der Waals surface area contributed by atoms with Gasteiger partial charge >= 0.3 is 13.3 Å². The van der Waals surface area contributed by atoms with Crippen LogP contribution < -0.4 is 25.8 Å². The van der Waals surface area contributed by atoms with Crippen LogP contribution in [0.4, 0.5) is 11.6 Å². The lowest BCUT2D eigenvalue weighted by atomic mass is 9.80. The van der Waals surface area contributed by atoms with E-state index in [9.17, 15) is 19.6 Å². The van der Waals surface area contributed by atoms with Crippen LogP contribution in [0.5, 0.6) is 11.5 Å². The van der Waals surface area contributed by atoms with E-state index in [-0.39, 0.29) is 60.9 Å². The number of carbonyl (C=O) groups excluding carboxylic acids is 2. The molecule has 0 bridgehead atoms. The second-order valence-electron chi connectivity index (χ2n) is 22.3. The van der Waals surface area contributed by atoms with Crippen molar-refractivity contribution in [1.82, 2.24) is 33.7 Å². The number of nitrogens with zero attached hydrogens (tertiary/aromatic N) is 8. The average molecular weight is 1260 g/mol. The number of hydrogen-bond acceptors (Lipinski definition) is 18. The fraction of sp³-hybridized carbons (Fsp3) is 0.354. The summed E-state index contributed by atoms with van der Waals surface area (Å²) in [5.41, 5.74) is 1.10. The monoisotopic (exact) mass is 1260 g/mol. The zero-order chi connectivity index (χ0) is 63.7. The number of carbonyl (C=O) groups is 2. The molecule has 2 fully saturated rings. The molecule has 90 heavy (non-hydrogen) atoms. The Labute approximate surface area is 521 Å². The van der Waals surface area contributed by atoms with Gasteiger partial charge in [-0.2, -0.15) is 10.2 Å². The van der Waals surface area contributed by atoms with Crippen molar-refractivity contribution in [1.29, 1.82) is 5.26 Å². The standard InChI is InChI=1S/C65H72N10O13P2/c1-42(2)90(80,43(3)4)75(34-18-33-66)52-35-55(74-40-69-57-59(67-39-68-60(57)74)71-62(77)46-21-14-10-15-22-46)87-63(52)84-41-89(79,83-8)88-53-36-56(73-37-44(5)58(72-64(73)78)70-61(76)45-19-12-9-13-20-45)86-54(53)38-85-65(47-23-16-11-17-24-47,48-25-29-50(81-6)30-26-48)49-27-31-51(82-7)32-28-49/h9-17,19-32,37,39-40,42-43,52-56,63H,18,34-36,38,41H2,1-8H3,(H,67,68,71,77)(H,70,72,76,78)/t52-,53+,54+,55+,56+,63-,89?/m0/s1. The quantitative estimate of drug-likeness (QED) is 0.0377. The number of fused-ring (bicyclic) bond motifs is 1. The third-order valence-corrected chi connectivity index (χ3v) is 22.1. The topological polar surface area (TPSA) is 272 Å². The molecule has 0 aliphatic carbocycles. The van der Waals surface area contributed by atoms with Crippen LogP contribution in [0.1, 0.15) is 102 Å². The lowest BCUT2D eigenvalue weighted by molar-refractivity contribution is -0.154. The molecule has 1 unspecified atom stereocenters. The first-order valence-electron chi connectivity index (χ1n) is 29.4. The van der Waals surface area contributed by atoms with Gasteiger partial charge in [-0.15, -0.1) is 0 Å². The van der Waals surface area contributed by atoms with Crippen molar-refractivity contribution in [3.8, 4) is 17.6 Å². The van der Waals surface area contributed by atoms with E-state index in [1.54, 1.807) is 86.4 Å². The molecule has 2 amide bonds. The van der Waals surface area contributed by atoms with Gasteiger partial charge in [0.25, 0.3) is 11.8 Å². The first-order valence-corrected chi connectivity index (χ1v) is 32.9. The van der Waals surface area contributed by atoms with E-state index in [1.807, 2.05) is 111 Å². The predicted molar refractivity (Wildman–Crippen MR) is 337 cm³/mol. The normalized spacial score (nSPS) is 19.2. The van der Waals surface area contributed by atoms with Crippen LogP contribution in [0, 0.1) is 18.3 Å². The van der Waals surface area contributed by atoms with Crippen molar-refractivity contribution >= 4 is 49.5 Å². The molecule has 23 nitrogen and oxygen atoms in total. The fourth-order valence-corrected chi connectivity index (χ4v) is 16.3. The van der Waals surface area contributed by atoms with Crippen molar-refractivity contribution in [3.05, 3.63) is 202 Å². The second kappa shape index (κ2) is 28.3. The number of rotatable bonds is 26. The van der Waals surface area contributed by atoms with Gasteiger partial charge in [0, 0.05) is 67.1 Å². The SMILES string of the molecule is COc1ccc(C(OC[C@H]2O[C@@H](n3cc(C)c(NC(=O)c4ccccc4)nc3=O)C[C@H]2OP(=O)(CO[C@H]2O[C@@H](n3cnc4c(NC(=O)c5ccccc5)ncnc43)C[C@@H]2N(CCC#N)P(=O)(C(C)C)C(C)C)OC)(c2ccccc2)c2ccc(OC)cc2)cc1. The summed E-state index contributed by atoms with van der Waals surface area (Å²) in [5, 5.41) is 15.6. The summed E-state index contributed by atoms with van der Waals surface area (Å²) in [6.07, 6.45) is -1.88. The number of aryl methyl sites for hydroxylation is 1. The second-order valence-corrected chi connectivity index (χ2v) is 28.2. The number of imidazole rings is 1. The van der Waals surface area contributed by atoms with Gasteiger partial charge in [0.2, 0.25) is 0 Å². The van der Waals surface area contributed by atoms with Gasteiger partial charge in [-0.1, -0.05) is 119 Å². The summed E-state index contributed by atoms with van der Waals surface area (Å²) in [5.74, 6) is 0.562. The Bertz CT molecular complexity index is 3930. The number of hydrogen-bond donors (Lipinski definition) is 2. The molecule has 2 saturated heterocycles. The van der Waals surface area contributed by atoms with Crippen LogP contribution in [0.25, 0.3) is 11.2 Å². The van der Waals surface area contributed by atoms with E-state index in [0.29, 0.717) is 45.0 Å². The summed E-state index contributed by atoms with van der Waals surface area (Å²) in [7, 11) is -3.42. The van der Waals surface area contributed by atoms with E-state index < -0.39 is 81.3 Å². The third-order valence-electron chi connectivity index (χ3n) is 16.2. The van der Waals surface area contributed by atoms with E-state index in [1.165, 1.54) is 30.5 Å². The number of anilines is 2. The molecule has 2 N–H and O–H groups in total. The van der Waals surface area contributed by atoms with Crippen molar-refractivity contribution in [2.24, 2.45) is 0 Å². The average Bonchev–Trinajstić information content (AvgIpc) is 1.04. The molecule has 0 saturated carbocycles. The minimum absolute atomic E-state index is 0.0146. The van der Waals surface area contributed by atoms with Crippen LogP contribution in [0.3, 0.4) is 0 Å². The van der Waals surface area contributed by atoms with Gasteiger partial charge in [0.15, 0.2) is 36.9 Å². The predicted octanol–water partition coefficient (Wildman–Crippen LogP) is 11.3. The molecular weight excluding hydrogens is 1190 g/mol. The van der Waals surface area contributed by atoms with Crippen molar-refractivity contribution < 1.29 is 56.2 Å². The van der Waals surface area contributed by atoms with Gasteiger partial charge in [-0.3, -0.25) is 23.3 Å². The highest BCUT2D eigenvalue weighted by molar-refractivity contribution is 7.62. The number of benzene rings is 5. The Kier molecular flexibility index (Phi) is 20.3. The molecule has 5 heterocycles. The van der Waals surface area contributed by atoms with Gasteiger partial charge in [-0.25, -0.2) is 24.4 Å². The highest BCUT2D eigenvalue weighted by atomic mass is 31.2. The molecule has 470 valence electrons. The highest BCUT2D eigenvalue weighted by Crippen LogP contribution is 2.61. The Balaban J connectivity index is 0.998. The van der Waals surface area contributed by atoms with Crippen LogP contribution in [0.2, 0.25) is 0 Å². The summed E-state index contributed by atoms with van der Waals surface area (Å²) < 4.78 is 87.2. The Morgan fingerprint density at radius 1 is 0.733 bits per heavy atom. The molecule has 10 rings (SSSR count). The third kappa shape index (κ3) is 13.6. The summed E-state index contributed by atoms with van der Waals surface area (Å²) in [4.78, 5) is 58.6. The van der Waals surface area contributed by atoms with Crippen molar-refractivity contribution in [2.75, 3.05) is 51.5 Å². The number of ether oxygens (including phenoxy) is 6. The minimum atomic E-state index is -4.45. The summed E-state index contributed by atoms with van der Waals surface area (Å²) in [6.45, 7) is 9.04. The Hall–Kier alpha value is -8.26. The summed E-state index contributed by atoms with van der Waals surface area (Å²) in [6, 6.07) is 43.1. The molecule has 8 aromatic rings. The van der Waals surface area contributed by atoms with E-state index >= 15 is 9.13 Å². The number of methoxy groups -OCH3 is 2. The van der Waals surface area contributed by atoms with Crippen molar-refractivity contribution in [2.45, 2.75) is 108 Å². The molecular formula is C65H72N10O13P2. The smallest absolute Gasteiger partial charge is 0.356 e. The number of nitrogens with one attached hydrogen (secondary N) is 2. The van der Waals surface area contributed by atoms with E-state index in [0.717, 1.165) is 5.56 Å². The first kappa shape index (κ1) is 64.7. The summed E-state index contributed by atoms with van der Waals surface area (Å²) >= 11 is 0. The highest BCUT2D eigenvalue weighted by Gasteiger charge is 2.51. The van der Waals surface area contributed by atoms with Crippen molar-refractivity contribution in [3.63, 3.8) is 0 Å². The maximum atomic E-state index is 15.6. The first-order chi connectivity index (χ1) is 43.4. The van der Waals surface area contributed by atoms with E-state index in [2.05, 4.69) is 36.6 Å². The maximum absolute atomic E-state index is 15.6. The lowest BCUT2D eigenvalue weighted by Gasteiger charge is -2.41. The van der Waals surface area contributed by atoms with Crippen LogP contribution in [-0.2, 0) is 42.7 Å².